The first-order valence-corrected chi connectivity index (χ1v) is 13.7. The Bertz CT molecular complexity index is 1140. The molecule has 0 saturated carbocycles. The zero-order valence-electron chi connectivity index (χ0n) is 21.8. The number of halogens is 2. The van der Waals surface area contributed by atoms with Gasteiger partial charge in [-0.2, -0.15) is 5.26 Å². The van der Waals surface area contributed by atoms with E-state index in [-0.39, 0.29) is 24.0 Å². The van der Waals surface area contributed by atoms with E-state index in [1.165, 1.54) is 0 Å². The average molecular weight is 544 g/mol. The lowest BCUT2D eigenvalue weighted by Gasteiger charge is -2.38. The molecule has 2 N–H and O–H groups in total. The smallest absolute Gasteiger partial charge is 0.240 e. The predicted molar refractivity (Wildman–Crippen MR) is 148 cm³/mol. The van der Waals surface area contributed by atoms with Gasteiger partial charge in [0.1, 0.15) is 5.41 Å². The number of carbonyl (C=O) groups excluding carboxylic acids is 1. The van der Waals surface area contributed by atoms with Gasteiger partial charge in [0.25, 0.3) is 0 Å². The third-order valence-electron chi connectivity index (χ3n) is 7.65. The molecule has 4 atom stereocenters. The second-order valence-electron chi connectivity index (χ2n) is 11.4. The van der Waals surface area contributed by atoms with Gasteiger partial charge in [-0.15, -0.1) is 0 Å². The zero-order chi connectivity index (χ0) is 26.8. The van der Waals surface area contributed by atoms with Crippen LogP contribution in [0.4, 0.5) is 0 Å². The van der Waals surface area contributed by atoms with Crippen molar-refractivity contribution in [3.8, 4) is 6.07 Å². The molecule has 2 saturated heterocycles. The Morgan fingerprint density at radius 3 is 2.35 bits per heavy atom. The standard InChI is InChI=1S/C29H36Cl2N4O2/c1-28(2,3)18-24-29(19-32,21-7-9-22(30)10-8-21)25(20-5-4-6-23(31)17-20)26(33-24)27(37)35-13-11-34(12-14-35)15-16-36/h4-10,17,24-26,33,36H,11-16,18H2,1-3H3/t24-,25+,26-,29+/m1/s1. The molecule has 0 aliphatic carbocycles. The summed E-state index contributed by atoms with van der Waals surface area (Å²) in [6.45, 7) is 9.78. The van der Waals surface area contributed by atoms with Crippen LogP contribution in [-0.2, 0) is 10.2 Å². The van der Waals surface area contributed by atoms with Gasteiger partial charge >= 0.3 is 0 Å². The molecule has 0 aromatic heterocycles. The number of aliphatic hydroxyl groups is 1. The van der Waals surface area contributed by atoms with Crippen LogP contribution in [0.15, 0.2) is 48.5 Å². The first-order chi connectivity index (χ1) is 17.6. The molecule has 0 bridgehead atoms. The molecule has 0 unspecified atom stereocenters. The van der Waals surface area contributed by atoms with Gasteiger partial charge in [0.15, 0.2) is 0 Å². The van der Waals surface area contributed by atoms with Crippen LogP contribution in [-0.4, -0.2) is 72.2 Å². The highest BCUT2D eigenvalue weighted by atomic mass is 35.5. The van der Waals surface area contributed by atoms with Crippen molar-refractivity contribution < 1.29 is 9.90 Å². The van der Waals surface area contributed by atoms with Crippen molar-refractivity contribution in [2.75, 3.05) is 39.3 Å². The number of β-amino-alcohol motifs (C(OH)–C–C–N with tert-alkyl or cyclic N) is 1. The SMILES string of the molecule is CC(C)(C)C[C@H]1N[C@@H](C(=O)N2CCN(CCO)CC2)[C@H](c2cccc(Cl)c2)[C@@]1(C#N)c1ccc(Cl)cc1. The molecular formula is C29H36Cl2N4O2. The molecule has 6 nitrogen and oxygen atoms in total. The quantitative estimate of drug-likeness (QED) is 0.563. The fourth-order valence-corrected chi connectivity index (χ4v) is 6.30. The second-order valence-corrected chi connectivity index (χ2v) is 12.2. The van der Waals surface area contributed by atoms with E-state index in [9.17, 15) is 15.2 Å². The van der Waals surface area contributed by atoms with Crippen molar-refractivity contribution in [2.24, 2.45) is 5.41 Å². The highest BCUT2D eigenvalue weighted by molar-refractivity contribution is 6.30. The monoisotopic (exact) mass is 542 g/mol. The summed E-state index contributed by atoms with van der Waals surface area (Å²) in [5.74, 6) is -0.452. The first-order valence-electron chi connectivity index (χ1n) is 12.9. The maximum absolute atomic E-state index is 14.2. The molecule has 8 heteroatoms. The molecule has 2 aliphatic heterocycles. The first kappa shape index (κ1) is 27.9. The summed E-state index contributed by atoms with van der Waals surface area (Å²) in [5.41, 5.74) is 0.611. The summed E-state index contributed by atoms with van der Waals surface area (Å²) in [4.78, 5) is 18.2. The summed E-state index contributed by atoms with van der Waals surface area (Å²) >= 11 is 12.7. The molecule has 4 rings (SSSR count). The number of rotatable bonds is 6. The van der Waals surface area contributed by atoms with Crippen molar-refractivity contribution in [3.05, 3.63) is 69.7 Å². The van der Waals surface area contributed by atoms with E-state index < -0.39 is 17.4 Å². The third-order valence-corrected chi connectivity index (χ3v) is 8.14. The highest BCUT2D eigenvalue weighted by Gasteiger charge is 2.60. The number of nitrogens with zero attached hydrogens (tertiary/aromatic N) is 3. The average Bonchev–Trinajstić information content (AvgIpc) is 3.18. The van der Waals surface area contributed by atoms with Crippen LogP contribution >= 0.6 is 23.2 Å². The number of amides is 1. The number of piperazine rings is 1. The van der Waals surface area contributed by atoms with Crippen molar-refractivity contribution in [1.29, 1.82) is 5.26 Å². The van der Waals surface area contributed by atoms with Crippen LogP contribution in [0.25, 0.3) is 0 Å². The Kier molecular flexibility index (Phi) is 8.52. The van der Waals surface area contributed by atoms with Gasteiger partial charge in [0.2, 0.25) is 5.91 Å². The Labute approximate surface area is 230 Å². The number of nitrogens with one attached hydrogen (secondary N) is 1. The van der Waals surface area contributed by atoms with Crippen molar-refractivity contribution in [2.45, 2.75) is 50.6 Å². The van der Waals surface area contributed by atoms with Crippen LogP contribution in [0.1, 0.15) is 44.2 Å². The lowest BCUT2D eigenvalue weighted by atomic mass is 9.63. The van der Waals surface area contributed by atoms with Gasteiger partial charge in [-0.1, -0.05) is 68.2 Å². The second kappa shape index (κ2) is 11.3. The molecule has 0 radical (unpaired) electrons. The molecular weight excluding hydrogens is 507 g/mol. The van der Waals surface area contributed by atoms with E-state index in [1.807, 2.05) is 53.4 Å². The number of hydrogen-bond acceptors (Lipinski definition) is 5. The number of carbonyl (C=O) groups is 1. The largest absolute Gasteiger partial charge is 0.395 e. The van der Waals surface area contributed by atoms with Crippen LogP contribution in [0.5, 0.6) is 0 Å². The minimum atomic E-state index is -1.01. The molecule has 198 valence electrons. The van der Waals surface area contributed by atoms with Gasteiger partial charge in [0, 0.05) is 54.7 Å². The molecule has 2 heterocycles. The van der Waals surface area contributed by atoms with E-state index in [1.54, 1.807) is 0 Å². The molecule has 2 aromatic rings. The summed E-state index contributed by atoms with van der Waals surface area (Å²) in [6, 6.07) is 16.9. The Morgan fingerprint density at radius 1 is 1.11 bits per heavy atom. The number of nitriles is 1. The van der Waals surface area contributed by atoms with Gasteiger partial charge < -0.3 is 15.3 Å². The molecule has 2 fully saturated rings. The van der Waals surface area contributed by atoms with Crippen LogP contribution in [0, 0.1) is 16.7 Å². The Hall–Kier alpha value is -2.14. The summed E-state index contributed by atoms with van der Waals surface area (Å²) in [6.07, 6.45) is 0.703. The lowest BCUT2D eigenvalue weighted by molar-refractivity contribution is -0.135. The van der Waals surface area contributed by atoms with E-state index in [4.69, 9.17) is 23.2 Å². The summed E-state index contributed by atoms with van der Waals surface area (Å²) in [7, 11) is 0. The highest BCUT2D eigenvalue weighted by Crippen LogP contribution is 2.51. The van der Waals surface area contributed by atoms with Gasteiger partial charge in [-0.25, -0.2) is 0 Å². The van der Waals surface area contributed by atoms with Crippen molar-refractivity contribution >= 4 is 29.1 Å². The van der Waals surface area contributed by atoms with E-state index in [2.05, 4.69) is 37.1 Å². The fraction of sp³-hybridized carbons (Fsp3) is 0.517. The van der Waals surface area contributed by atoms with Crippen molar-refractivity contribution in [1.82, 2.24) is 15.1 Å². The zero-order valence-corrected chi connectivity index (χ0v) is 23.3. The Morgan fingerprint density at radius 2 is 1.78 bits per heavy atom. The molecule has 1 amide bonds. The van der Waals surface area contributed by atoms with Gasteiger partial charge in [-0.05, 0) is 47.2 Å². The topological polar surface area (TPSA) is 79.6 Å². The van der Waals surface area contributed by atoms with Crippen LogP contribution in [0.2, 0.25) is 10.0 Å². The van der Waals surface area contributed by atoms with Crippen LogP contribution < -0.4 is 5.32 Å². The molecule has 2 aliphatic rings. The van der Waals surface area contributed by atoms with Crippen molar-refractivity contribution in [3.63, 3.8) is 0 Å². The maximum Gasteiger partial charge on any atom is 0.240 e. The van der Waals surface area contributed by atoms with E-state index in [0.29, 0.717) is 49.2 Å². The third kappa shape index (κ3) is 5.82. The molecule has 2 aromatic carbocycles. The number of hydrogen-bond donors (Lipinski definition) is 2. The minimum absolute atomic E-state index is 0.00128. The van der Waals surface area contributed by atoms with Crippen LogP contribution in [0.3, 0.4) is 0 Å². The van der Waals surface area contributed by atoms with E-state index >= 15 is 0 Å². The molecule has 0 spiro atoms. The van der Waals surface area contributed by atoms with Gasteiger partial charge in [0.05, 0.1) is 18.7 Å². The number of aliphatic hydroxyl groups excluding tert-OH is 1. The van der Waals surface area contributed by atoms with Gasteiger partial charge in [-0.3, -0.25) is 9.69 Å². The minimum Gasteiger partial charge on any atom is -0.395 e. The normalized spacial score (nSPS) is 26.7. The number of benzene rings is 2. The molecule has 37 heavy (non-hydrogen) atoms. The Balaban J connectivity index is 1.82. The predicted octanol–water partition coefficient (Wildman–Crippen LogP) is 4.45. The summed E-state index contributed by atoms with van der Waals surface area (Å²) in [5, 5.41) is 25.1. The van der Waals surface area contributed by atoms with E-state index in [0.717, 1.165) is 11.1 Å². The fourth-order valence-electron chi connectivity index (χ4n) is 5.97. The lowest BCUT2D eigenvalue weighted by Crippen LogP contribution is -2.54. The maximum atomic E-state index is 14.2. The summed E-state index contributed by atoms with van der Waals surface area (Å²) < 4.78 is 0.